The van der Waals surface area contributed by atoms with Crippen molar-refractivity contribution in [2.24, 2.45) is 16.8 Å². The lowest BCUT2D eigenvalue weighted by atomic mass is 9.78. The van der Waals surface area contributed by atoms with Crippen molar-refractivity contribution in [2.45, 2.75) is 25.3 Å². The molecular weight excluding hydrogens is 194 g/mol. The van der Waals surface area contributed by atoms with E-state index < -0.39 is 0 Å². The first kappa shape index (κ1) is 8.74. The van der Waals surface area contributed by atoms with E-state index in [0.717, 1.165) is 5.92 Å². The van der Waals surface area contributed by atoms with Crippen LogP contribution in [0.5, 0.6) is 0 Å². The lowest BCUT2D eigenvalue weighted by Crippen LogP contribution is -2.28. The zero-order valence-corrected chi connectivity index (χ0v) is 9.43. The van der Waals surface area contributed by atoms with Crippen LogP contribution < -0.4 is 0 Å². The summed E-state index contributed by atoms with van der Waals surface area (Å²) in [4.78, 5) is 4.93. The molecule has 4 rings (SSSR count). The first-order chi connectivity index (χ1) is 7.84. The summed E-state index contributed by atoms with van der Waals surface area (Å²) in [7, 11) is 0. The number of hydrogen-bond donors (Lipinski definition) is 0. The van der Waals surface area contributed by atoms with Crippen LogP contribution in [0.2, 0.25) is 0 Å². The topological polar surface area (TPSA) is 12.4 Å². The molecule has 1 fully saturated rings. The average Bonchev–Trinajstić information content (AvgIpc) is 2.90. The zero-order valence-electron chi connectivity index (χ0n) is 9.43. The molecule has 0 aromatic heterocycles. The summed E-state index contributed by atoms with van der Waals surface area (Å²) in [6.45, 7) is 2.16. The van der Waals surface area contributed by atoms with Gasteiger partial charge in [-0.2, -0.15) is 0 Å². The van der Waals surface area contributed by atoms with Gasteiger partial charge >= 0.3 is 0 Å². The molecule has 0 spiro atoms. The predicted molar refractivity (Wildman–Crippen MR) is 65.9 cm³/mol. The van der Waals surface area contributed by atoms with Gasteiger partial charge < -0.3 is 0 Å². The SMILES string of the molecule is CC1=N[C@@H]2[C@H](c3ccccc31)[C@H]1C=C[C@@H]2C1. The number of aliphatic imine (C=N–C) groups is 1. The van der Waals surface area contributed by atoms with E-state index >= 15 is 0 Å². The second kappa shape index (κ2) is 2.85. The highest BCUT2D eigenvalue weighted by Crippen LogP contribution is 2.52. The van der Waals surface area contributed by atoms with Crippen molar-refractivity contribution in [3.63, 3.8) is 0 Å². The van der Waals surface area contributed by atoms with Crippen LogP contribution in [0.4, 0.5) is 0 Å². The van der Waals surface area contributed by atoms with Crippen molar-refractivity contribution in [2.75, 3.05) is 0 Å². The molecule has 1 saturated carbocycles. The largest absolute Gasteiger partial charge is 0.285 e. The van der Waals surface area contributed by atoms with E-state index in [1.807, 2.05) is 0 Å². The quantitative estimate of drug-likeness (QED) is 0.582. The first-order valence-electron chi connectivity index (χ1n) is 6.16. The monoisotopic (exact) mass is 209 g/mol. The fourth-order valence-corrected chi connectivity index (χ4v) is 3.80. The van der Waals surface area contributed by atoms with Gasteiger partial charge in [0.15, 0.2) is 0 Å². The Balaban J connectivity index is 1.95. The van der Waals surface area contributed by atoms with Gasteiger partial charge in [0.1, 0.15) is 0 Å². The van der Waals surface area contributed by atoms with Gasteiger partial charge in [-0.15, -0.1) is 0 Å². The Morgan fingerprint density at radius 1 is 1.12 bits per heavy atom. The molecule has 1 heterocycles. The highest BCUT2D eigenvalue weighted by atomic mass is 14.9. The maximum atomic E-state index is 4.93. The van der Waals surface area contributed by atoms with E-state index in [-0.39, 0.29) is 0 Å². The van der Waals surface area contributed by atoms with Crippen LogP contribution in [0, 0.1) is 11.8 Å². The van der Waals surface area contributed by atoms with Crippen molar-refractivity contribution < 1.29 is 0 Å². The van der Waals surface area contributed by atoms with E-state index in [4.69, 9.17) is 4.99 Å². The molecule has 1 aliphatic heterocycles. The third-order valence-corrected chi connectivity index (χ3v) is 4.47. The number of hydrogen-bond acceptors (Lipinski definition) is 1. The van der Waals surface area contributed by atoms with Gasteiger partial charge in [0.25, 0.3) is 0 Å². The molecule has 0 unspecified atom stereocenters. The molecule has 2 aliphatic carbocycles. The fourth-order valence-electron chi connectivity index (χ4n) is 3.80. The van der Waals surface area contributed by atoms with E-state index in [1.165, 1.54) is 23.3 Å². The van der Waals surface area contributed by atoms with E-state index in [1.54, 1.807) is 0 Å². The van der Waals surface area contributed by atoms with Crippen molar-refractivity contribution >= 4 is 5.71 Å². The van der Waals surface area contributed by atoms with Crippen molar-refractivity contribution in [1.82, 2.24) is 0 Å². The molecule has 80 valence electrons. The summed E-state index contributed by atoms with van der Waals surface area (Å²) >= 11 is 0. The van der Waals surface area contributed by atoms with E-state index in [0.29, 0.717) is 17.9 Å². The fraction of sp³-hybridized carbons (Fsp3) is 0.400. The Kier molecular flexibility index (Phi) is 1.56. The number of benzene rings is 1. The van der Waals surface area contributed by atoms with Gasteiger partial charge in [0.05, 0.1) is 6.04 Å². The lowest BCUT2D eigenvalue weighted by molar-refractivity contribution is 0.499. The second-order valence-corrected chi connectivity index (χ2v) is 5.27. The maximum absolute atomic E-state index is 4.93. The van der Waals surface area contributed by atoms with Gasteiger partial charge in [-0.1, -0.05) is 36.4 Å². The molecule has 4 atom stereocenters. The number of fused-ring (bicyclic) bond motifs is 7. The van der Waals surface area contributed by atoms with E-state index in [2.05, 4.69) is 43.3 Å². The molecule has 0 N–H and O–H groups in total. The zero-order chi connectivity index (χ0) is 10.7. The Hall–Kier alpha value is -1.37. The van der Waals surface area contributed by atoms with E-state index in [9.17, 15) is 0 Å². The molecule has 0 amide bonds. The summed E-state index contributed by atoms with van der Waals surface area (Å²) in [5, 5.41) is 0. The normalized spacial score (nSPS) is 38.2. The van der Waals surface area contributed by atoms with Crippen molar-refractivity contribution in [3.8, 4) is 0 Å². The number of allylic oxidation sites excluding steroid dienone is 1. The van der Waals surface area contributed by atoms with Crippen LogP contribution in [0.1, 0.15) is 30.4 Å². The van der Waals surface area contributed by atoms with Crippen LogP contribution in [0.3, 0.4) is 0 Å². The van der Waals surface area contributed by atoms with Crippen LogP contribution in [0.25, 0.3) is 0 Å². The Morgan fingerprint density at radius 3 is 2.88 bits per heavy atom. The van der Waals surface area contributed by atoms with Crippen molar-refractivity contribution in [3.05, 3.63) is 47.5 Å². The molecule has 1 heteroatoms. The third-order valence-electron chi connectivity index (χ3n) is 4.47. The second-order valence-electron chi connectivity index (χ2n) is 5.27. The minimum absolute atomic E-state index is 0.532. The summed E-state index contributed by atoms with van der Waals surface area (Å²) in [6, 6.07) is 9.36. The van der Waals surface area contributed by atoms with Gasteiger partial charge in [-0.05, 0) is 30.4 Å². The molecule has 1 aromatic carbocycles. The first-order valence-corrected chi connectivity index (χ1v) is 6.16. The summed E-state index contributed by atoms with van der Waals surface area (Å²) in [5.74, 6) is 2.11. The third kappa shape index (κ3) is 0.940. The lowest BCUT2D eigenvalue weighted by Gasteiger charge is -2.31. The molecule has 0 radical (unpaired) electrons. The van der Waals surface area contributed by atoms with Gasteiger partial charge in [-0.25, -0.2) is 0 Å². The highest BCUT2D eigenvalue weighted by Gasteiger charge is 2.47. The van der Waals surface area contributed by atoms with Gasteiger partial charge in [-0.3, -0.25) is 4.99 Å². The number of nitrogens with zero attached hydrogens (tertiary/aromatic N) is 1. The molecule has 2 bridgehead atoms. The van der Waals surface area contributed by atoms with Crippen LogP contribution in [-0.4, -0.2) is 11.8 Å². The highest BCUT2D eigenvalue weighted by molar-refractivity contribution is 6.01. The maximum Gasteiger partial charge on any atom is 0.0640 e. The molecule has 16 heavy (non-hydrogen) atoms. The Morgan fingerprint density at radius 2 is 1.94 bits per heavy atom. The van der Waals surface area contributed by atoms with Crippen LogP contribution >= 0.6 is 0 Å². The molecule has 3 aliphatic rings. The van der Waals surface area contributed by atoms with Gasteiger partial charge in [0.2, 0.25) is 0 Å². The minimum atomic E-state index is 0.532. The summed E-state index contributed by atoms with van der Waals surface area (Å²) in [6.07, 6.45) is 6.12. The average molecular weight is 209 g/mol. The summed E-state index contributed by atoms with van der Waals surface area (Å²) in [5.41, 5.74) is 4.15. The van der Waals surface area contributed by atoms with Crippen molar-refractivity contribution in [1.29, 1.82) is 0 Å². The van der Waals surface area contributed by atoms with Crippen LogP contribution in [0.15, 0.2) is 41.4 Å². The Bertz CT molecular complexity index is 512. The molecular formula is C15H15N. The molecule has 0 saturated heterocycles. The Labute approximate surface area is 95.9 Å². The van der Waals surface area contributed by atoms with Crippen LogP contribution in [-0.2, 0) is 0 Å². The van der Waals surface area contributed by atoms with Gasteiger partial charge in [0, 0.05) is 17.5 Å². The minimum Gasteiger partial charge on any atom is -0.285 e. The molecule has 1 aromatic rings. The summed E-state index contributed by atoms with van der Waals surface area (Å²) < 4.78 is 0. The molecule has 1 nitrogen and oxygen atoms in total. The number of rotatable bonds is 0. The standard InChI is InChI=1S/C15H15N/c1-9-12-4-2-3-5-13(12)14-10-6-7-11(8-10)15(14)16-9/h2-7,10-11,14-15H,8H2,1H3/t10-,11+,14-,15-/m0/s1. The predicted octanol–water partition coefficient (Wildman–Crippen LogP) is 3.17. The smallest absolute Gasteiger partial charge is 0.0640 e.